The number of rotatable bonds is 7. The Morgan fingerprint density at radius 3 is 2.71 bits per heavy atom. The molecule has 1 aliphatic heterocycles. The monoisotopic (exact) mass is 310 g/mol. The second-order valence-corrected chi connectivity index (χ2v) is 6.41. The van der Waals surface area contributed by atoms with Crippen molar-refractivity contribution in [3.8, 4) is 5.75 Å². The van der Waals surface area contributed by atoms with Crippen molar-refractivity contribution >= 4 is 11.6 Å². The van der Waals surface area contributed by atoms with Gasteiger partial charge in [-0.1, -0.05) is 37.9 Å². The Morgan fingerprint density at radius 2 is 2.00 bits per heavy atom. The van der Waals surface area contributed by atoms with Gasteiger partial charge >= 0.3 is 0 Å². The molecule has 21 heavy (non-hydrogen) atoms. The first-order chi connectivity index (χ1) is 10.2. The van der Waals surface area contributed by atoms with E-state index in [0.29, 0.717) is 6.04 Å². The molecule has 1 aromatic rings. The molecule has 2 rings (SSSR count). The molecule has 0 unspecified atom stereocenters. The average molecular weight is 311 g/mol. The zero-order chi connectivity index (χ0) is 15.1. The van der Waals surface area contributed by atoms with E-state index in [4.69, 9.17) is 16.3 Å². The highest BCUT2D eigenvalue weighted by Gasteiger charge is 2.12. The second kappa shape index (κ2) is 8.62. The standard InChI is InChI=1S/C17H27ClN2O/c1-14(2)19-13-15-16(18)7-6-8-17(15)21-12-11-20-9-4-3-5-10-20/h6-8,14,19H,3-5,9-13H2,1-2H3. The topological polar surface area (TPSA) is 24.5 Å². The summed E-state index contributed by atoms with van der Waals surface area (Å²) in [5, 5.41) is 4.18. The van der Waals surface area contributed by atoms with Gasteiger partial charge in [0, 0.05) is 29.7 Å². The minimum Gasteiger partial charge on any atom is -0.492 e. The minimum atomic E-state index is 0.433. The van der Waals surface area contributed by atoms with Crippen molar-refractivity contribution in [1.82, 2.24) is 10.2 Å². The molecule has 0 saturated carbocycles. The van der Waals surface area contributed by atoms with Crippen LogP contribution in [-0.2, 0) is 6.54 Å². The van der Waals surface area contributed by atoms with E-state index in [0.717, 1.165) is 36.0 Å². The predicted octanol–water partition coefficient (Wildman–Crippen LogP) is 3.70. The number of hydrogen-bond acceptors (Lipinski definition) is 3. The zero-order valence-corrected chi connectivity index (χ0v) is 14.0. The highest BCUT2D eigenvalue weighted by Crippen LogP contribution is 2.26. The van der Waals surface area contributed by atoms with Crippen LogP contribution in [0.3, 0.4) is 0 Å². The first-order valence-electron chi connectivity index (χ1n) is 8.02. The summed E-state index contributed by atoms with van der Waals surface area (Å²) in [5.41, 5.74) is 1.06. The van der Waals surface area contributed by atoms with Gasteiger partial charge < -0.3 is 10.1 Å². The molecular formula is C17H27ClN2O. The number of ether oxygens (including phenoxy) is 1. The van der Waals surface area contributed by atoms with Crippen LogP contribution in [0.2, 0.25) is 5.02 Å². The molecule has 1 heterocycles. The number of halogens is 1. The van der Waals surface area contributed by atoms with E-state index in [-0.39, 0.29) is 0 Å². The molecule has 1 aromatic carbocycles. The van der Waals surface area contributed by atoms with Gasteiger partial charge in [0.25, 0.3) is 0 Å². The summed E-state index contributed by atoms with van der Waals surface area (Å²) in [6.45, 7) is 9.16. The minimum absolute atomic E-state index is 0.433. The average Bonchev–Trinajstić information content (AvgIpc) is 2.47. The SMILES string of the molecule is CC(C)NCc1c(Cl)cccc1OCCN1CCCCC1. The van der Waals surface area contributed by atoms with Crippen molar-refractivity contribution in [2.45, 2.75) is 45.7 Å². The van der Waals surface area contributed by atoms with Gasteiger partial charge in [-0.25, -0.2) is 0 Å². The highest BCUT2D eigenvalue weighted by molar-refractivity contribution is 6.31. The van der Waals surface area contributed by atoms with E-state index in [9.17, 15) is 0 Å². The molecule has 0 spiro atoms. The summed E-state index contributed by atoms with van der Waals surface area (Å²) in [4.78, 5) is 2.49. The molecule has 118 valence electrons. The van der Waals surface area contributed by atoms with E-state index in [1.54, 1.807) is 0 Å². The molecule has 1 aliphatic rings. The Labute approximate surface area is 133 Å². The number of nitrogens with zero attached hydrogens (tertiary/aromatic N) is 1. The van der Waals surface area contributed by atoms with Gasteiger partial charge in [-0.15, -0.1) is 0 Å². The van der Waals surface area contributed by atoms with Gasteiger partial charge in [-0.2, -0.15) is 0 Å². The van der Waals surface area contributed by atoms with E-state index in [1.807, 2.05) is 18.2 Å². The summed E-state index contributed by atoms with van der Waals surface area (Å²) in [6, 6.07) is 6.33. The first-order valence-corrected chi connectivity index (χ1v) is 8.40. The maximum atomic E-state index is 6.31. The van der Waals surface area contributed by atoms with Crippen molar-refractivity contribution in [2.24, 2.45) is 0 Å². The third-order valence-electron chi connectivity index (χ3n) is 3.88. The largest absolute Gasteiger partial charge is 0.492 e. The van der Waals surface area contributed by atoms with Gasteiger partial charge in [0.15, 0.2) is 0 Å². The normalized spacial score (nSPS) is 16.4. The molecule has 0 atom stereocenters. The molecule has 4 heteroatoms. The Morgan fingerprint density at radius 1 is 1.24 bits per heavy atom. The van der Waals surface area contributed by atoms with E-state index in [2.05, 4.69) is 24.1 Å². The number of benzene rings is 1. The third-order valence-corrected chi connectivity index (χ3v) is 4.23. The molecule has 1 saturated heterocycles. The molecule has 0 aliphatic carbocycles. The summed E-state index contributed by atoms with van der Waals surface area (Å²) in [5.74, 6) is 0.910. The lowest BCUT2D eigenvalue weighted by molar-refractivity contribution is 0.182. The summed E-state index contributed by atoms with van der Waals surface area (Å²) < 4.78 is 5.99. The van der Waals surface area contributed by atoms with Crippen LogP contribution in [0.5, 0.6) is 5.75 Å². The maximum absolute atomic E-state index is 6.31. The fraction of sp³-hybridized carbons (Fsp3) is 0.647. The summed E-state index contributed by atoms with van der Waals surface area (Å²) in [7, 11) is 0. The molecule has 0 radical (unpaired) electrons. The van der Waals surface area contributed by atoms with Gasteiger partial charge in [0.05, 0.1) is 0 Å². The number of hydrogen-bond donors (Lipinski definition) is 1. The quantitative estimate of drug-likeness (QED) is 0.831. The zero-order valence-electron chi connectivity index (χ0n) is 13.2. The van der Waals surface area contributed by atoms with Crippen LogP contribution in [-0.4, -0.2) is 37.2 Å². The molecule has 0 amide bonds. The van der Waals surface area contributed by atoms with Crippen LogP contribution in [0.1, 0.15) is 38.7 Å². The van der Waals surface area contributed by atoms with Crippen LogP contribution < -0.4 is 10.1 Å². The smallest absolute Gasteiger partial charge is 0.125 e. The van der Waals surface area contributed by atoms with Crippen LogP contribution in [0.4, 0.5) is 0 Å². The van der Waals surface area contributed by atoms with Crippen LogP contribution in [0.15, 0.2) is 18.2 Å². The number of nitrogens with one attached hydrogen (secondary N) is 1. The fourth-order valence-electron chi connectivity index (χ4n) is 2.62. The summed E-state index contributed by atoms with van der Waals surface area (Å²) in [6.07, 6.45) is 4.01. The van der Waals surface area contributed by atoms with Gasteiger partial charge in [0.2, 0.25) is 0 Å². The molecule has 1 fully saturated rings. The van der Waals surface area contributed by atoms with E-state index < -0.39 is 0 Å². The predicted molar refractivity (Wildman–Crippen MR) is 89.2 cm³/mol. The maximum Gasteiger partial charge on any atom is 0.125 e. The van der Waals surface area contributed by atoms with Crippen molar-refractivity contribution in [3.63, 3.8) is 0 Å². The number of piperidine rings is 1. The van der Waals surface area contributed by atoms with Gasteiger partial charge in [-0.3, -0.25) is 4.90 Å². The molecule has 3 nitrogen and oxygen atoms in total. The second-order valence-electron chi connectivity index (χ2n) is 6.00. The van der Waals surface area contributed by atoms with Crippen molar-refractivity contribution in [3.05, 3.63) is 28.8 Å². The highest BCUT2D eigenvalue weighted by atomic mass is 35.5. The Bertz CT molecular complexity index is 431. The Balaban J connectivity index is 1.87. The lowest BCUT2D eigenvalue weighted by atomic mass is 10.1. The Kier molecular flexibility index (Phi) is 6.81. The van der Waals surface area contributed by atoms with Crippen LogP contribution in [0, 0.1) is 0 Å². The summed E-state index contributed by atoms with van der Waals surface area (Å²) >= 11 is 6.31. The van der Waals surface area contributed by atoms with E-state index >= 15 is 0 Å². The van der Waals surface area contributed by atoms with Crippen molar-refractivity contribution in [2.75, 3.05) is 26.2 Å². The lowest BCUT2D eigenvalue weighted by Crippen LogP contribution is -2.33. The Hall–Kier alpha value is -0.770. The van der Waals surface area contributed by atoms with Crippen LogP contribution in [0.25, 0.3) is 0 Å². The third kappa shape index (κ3) is 5.50. The molecular weight excluding hydrogens is 284 g/mol. The first kappa shape index (κ1) is 16.6. The fourth-order valence-corrected chi connectivity index (χ4v) is 2.85. The lowest BCUT2D eigenvalue weighted by Gasteiger charge is -2.26. The van der Waals surface area contributed by atoms with Gasteiger partial charge in [-0.05, 0) is 38.1 Å². The van der Waals surface area contributed by atoms with Crippen molar-refractivity contribution < 1.29 is 4.74 Å². The van der Waals surface area contributed by atoms with Gasteiger partial charge in [0.1, 0.15) is 12.4 Å². The van der Waals surface area contributed by atoms with Crippen molar-refractivity contribution in [1.29, 1.82) is 0 Å². The van der Waals surface area contributed by atoms with E-state index in [1.165, 1.54) is 32.4 Å². The molecule has 0 bridgehead atoms. The molecule has 1 N–H and O–H groups in total. The number of likely N-dealkylation sites (tertiary alicyclic amines) is 1. The van der Waals surface area contributed by atoms with Crippen LogP contribution >= 0.6 is 11.6 Å². The molecule has 0 aromatic heterocycles.